The molecule has 0 atom stereocenters. The van der Waals surface area contributed by atoms with Crippen molar-refractivity contribution in [2.75, 3.05) is 0 Å². The van der Waals surface area contributed by atoms with Gasteiger partial charge in [0.25, 0.3) is 0 Å². The van der Waals surface area contributed by atoms with Gasteiger partial charge in [0.1, 0.15) is 0 Å². The molecule has 0 saturated heterocycles. The largest absolute Gasteiger partial charge is 3.00 e. The summed E-state index contributed by atoms with van der Waals surface area (Å²) in [4.78, 5) is 0. The van der Waals surface area contributed by atoms with Crippen LogP contribution in [0, 0.1) is 64.2 Å². The van der Waals surface area contributed by atoms with E-state index in [-0.39, 0.29) is 49.9 Å². The number of halogens is 1. The first-order valence-electron chi connectivity index (χ1n) is 7.65. The van der Waals surface area contributed by atoms with Gasteiger partial charge in [-0.15, -0.1) is 0 Å². The van der Waals surface area contributed by atoms with Gasteiger partial charge in [-0.1, -0.05) is 69.2 Å². The second kappa shape index (κ2) is 20.1. The summed E-state index contributed by atoms with van der Waals surface area (Å²) in [6, 6.07) is 21.2. The van der Waals surface area contributed by atoms with Crippen molar-refractivity contribution in [3.63, 3.8) is 0 Å². The number of hydrogen-bond acceptors (Lipinski definition) is 0. The molecular formula is C22H21ClFePPd+4. The van der Waals surface area contributed by atoms with E-state index in [4.69, 9.17) is 0 Å². The Balaban J connectivity index is 0. The third-order valence-corrected chi connectivity index (χ3v) is 4.19. The van der Waals surface area contributed by atoms with Crippen LogP contribution in [0.15, 0.2) is 60.7 Å². The van der Waals surface area contributed by atoms with Crippen molar-refractivity contribution < 1.29 is 49.9 Å². The predicted molar refractivity (Wildman–Crippen MR) is 103 cm³/mol. The fourth-order valence-electron chi connectivity index (χ4n) is 1.85. The van der Waals surface area contributed by atoms with Gasteiger partial charge in [0, 0.05) is 0 Å². The van der Waals surface area contributed by atoms with Gasteiger partial charge < -0.3 is 12.4 Å². The minimum atomic E-state index is 0. The molecule has 4 rings (SSSR count). The van der Waals surface area contributed by atoms with Crippen LogP contribution in [-0.4, -0.2) is 0 Å². The summed E-state index contributed by atoms with van der Waals surface area (Å²) in [6.45, 7) is 0. The van der Waals surface area contributed by atoms with E-state index in [1.807, 2.05) is 64.2 Å². The molecule has 0 amide bonds. The molecule has 2 saturated carbocycles. The average Bonchev–Trinajstić information content (AvgIpc) is 3.35. The molecule has 0 spiro atoms. The standard InChI is InChI=1S/C12H11P.2C5H5.ClH.Fe.Pd/c1-3-7-11(8-4-1)13-12-9-5-2-6-10-12;2*1-2-4-5-3-1;;;/h1-10,13H;2*1-5H;1H;;/q;;;;+3;+2/p-1. The Kier molecular flexibility index (Phi) is 22.1. The third kappa shape index (κ3) is 14.4. The molecule has 0 unspecified atom stereocenters. The maximum Gasteiger partial charge on any atom is 3.00 e. The summed E-state index contributed by atoms with van der Waals surface area (Å²) in [5.41, 5.74) is 0. The van der Waals surface area contributed by atoms with E-state index in [0.717, 1.165) is 8.58 Å². The van der Waals surface area contributed by atoms with Gasteiger partial charge in [0.2, 0.25) is 0 Å². The van der Waals surface area contributed by atoms with E-state index >= 15 is 0 Å². The maximum atomic E-state index is 2.17. The van der Waals surface area contributed by atoms with Gasteiger partial charge in [-0.3, -0.25) is 0 Å². The average molecular weight is 514 g/mol. The van der Waals surface area contributed by atoms with Crippen molar-refractivity contribution in [1.29, 1.82) is 0 Å². The Bertz CT molecular complexity index is 439. The number of hydrogen-bond donors (Lipinski definition) is 0. The zero-order chi connectivity index (χ0) is 16.0. The van der Waals surface area contributed by atoms with E-state index in [1.54, 1.807) is 0 Å². The molecule has 26 heavy (non-hydrogen) atoms. The van der Waals surface area contributed by atoms with E-state index in [0.29, 0.717) is 0 Å². The Labute approximate surface area is 193 Å². The summed E-state index contributed by atoms with van der Waals surface area (Å²) >= 11 is 0. The van der Waals surface area contributed by atoms with E-state index in [1.165, 1.54) is 10.6 Å². The second-order valence-corrected chi connectivity index (χ2v) is 6.19. The Morgan fingerprint density at radius 1 is 0.423 bits per heavy atom. The molecule has 0 aromatic heterocycles. The van der Waals surface area contributed by atoms with Crippen molar-refractivity contribution in [2.45, 2.75) is 0 Å². The summed E-state index contributed by atoms with van der Waals surface area (Å²) in [5.74, 6) is 0. The van der Waals surface area contributed by atoms with Crippen LogP contribution in [0.2, 0.25) is 0 Å². The van der Waals surface area contributed by atoms with Crippen LogP contribution in [0.5, 0.6) is 0 Å². The first kappa shape index (κ1) is 28.6. The summed E-state index contributed by atoms with van der Waals surface area (Å²) in [6.07, 6.45) is 20.0. The molecule has 2 aromatic rings. The topological polar surface area (TPSA) is 0 Å². The summed E-state index contributed by atoms with van der Waals surface area (Å²) in [5, 5.41) is 2.79. The first-order valence-corrected chi connectivity index (χ1v) is 8.65. The Hall–Kier alpha value is 0.342. The zero-order valence-electron chi connectivity index (χ0n) is 14.1. The smallest absolute Gasteiger partial charge is 1.00 e. The van der Waals surface area contributed by atoms with Crippen molar-refractivity contribution in [3.8, 4) is 0 Å². The Morgan fingerprint density at radius 3 is 0.885 bits per heavy atom. The van der Waals surface area contributed by atoms with E-state index in [2.05, 4.69) is 60.7 Å². The molecular weight excluding hydrogens is 493 g/mol. The van der Waals surface area contributed by atoms with Gasteiger partial charge in [-0.25, -0.2) is 0 Å². The number of rotatable bonds is 2. The van der Waals surface area contributed by atoms with Gasteiger partial charge in [0.15, 0.2) is 0 Å². The molecule has 2 fully saturated rings. The van der Waals surface area contributed by atoms with Crippen molar-refractivity contribution in [1.82, 2.24) is 0 Å². The molecule has 0 nitrogen and oxygen atoms in total. The van der Waals surface area contributed by atoms with E-state index < -0.39 is 0 Å². The SMILES string of the molecule is [CH]1[CH][CH][CH][CH]1.[CH]1[CH][CH][CH][CH]1.[Cl-].[Fe+3].[Pd+2].c1ccc(Pc2ccccc2)cc1. The molecule has 2 aliphatic carbocycles. The van der Waals surface area contributed by atoms with Crippen molar-refractivity contribution in [3.05, 3.63) is 125 Å². The molecule has 2 aliphatic rings. The van der Waals surface area contributed by atoms with Gasteiger partial charge in [0.05, 0.1) is 0 Å². The van der Waals surface area contributed by atoms with Gasteiger partial charge >= 0.3 is 37.5 Å². The van der Waals surface area contributed by atoms with Crippen LogP contribution in [0.4, 0.5) is 0 Å². The maximum absolute atomic E-state index is 2.17. The Morgan fingerprint density at radius 2 is 0.654 bits per heavy atom. The molecule has 0 N–H and O–H groups in total. The quantitative estimate of drug-likeness (QED) is 0.420. The van der Waals surface area contributed by atoms with Crippen LogP contribution in [0.3, 0.4) is 0 Å². The molecule has 0 heterocycles. The molecule has 135 valence electrons. The minimum Gasteiger partial charge on any atom is -1.00 e. The zero-order valence-corrected chi connectivity index (χ0v) is 18.5. The monoisotopic (exact) mass is 513 g/mol. The first-order chi connectivity index (χ1) is 11.4. The predicted octanol–water partition coefficient (Wildman–Crippen LogP) is 1.36. The summed E-state index contributed by atoms with van der Waals surface area (Å²) in [7, 11) is 0.777. The van der Waals surface area contributed by atoms with Gasteiger partial charge in [-0.2, -0.15) is 0 Å². The second-order valence-electron chi connectivity index (χ2n) is 4.78. The molecule has 0 aliphatic heterocycles. The van der Waals surface area contributed by atoms with Crippen LogP contribution < -0.4 is 23.0 Å². The van der Waals surface area contributed by atoms with Crippen LogP contribution in [0.25, 0.3) is 0 Å². The third-order valence-electron chi connectivity index (χ3n) is 2.95. The van der Waals surface area contributed by atoms with Crippen LogP contribution in [-0.2, 0) is 37.5 Å². The fourth-order valence-corrected chi connectivity index (χ4v) is 2.90. The van der Waals surface area contributed by atoms with Crippen molar-refractivity contribution >= 4 is 19.2 Å². The normalized spacial score (nSPS) is 14.2. The molecule has 11 radical (unpaired) electrons. The van der Waals surface area contributed by atoms with Crippen molar-refractivity contribution in [2.24, 2.45) is 0 Å². The van der Waals surface area contributed by atoms with Crippen LogP contribution in [0.1, 0.15) is 0 Å². The summed E-state index contributed by atoms with van der Waals surface area (Å²) < 4.78 is 0. The fraction of sp³-hybridized carbons (Fsp3) is 0. The molecule has 0 bridgehead atoms. The number of benzene rings is 2. The minimum absolute atomic E-state index is 0. The molecule has 2 aromatic carbocycles. The van der Waals surface area contributed by atoms with Crippen LogP contribution >= 0.6 is 8.58 Å². The van der Waals surface area contributed by atoms with E-state index in [9.17, 15) is 0 Å². The van der Waals surface area contributed by atoms with Gasteiger partial charge in [-0.05, 0) is 74.8 Å². The molecule has 4 heteroatoms.